The van der Waals surface area contributed by atoms with E-state index in [0.717, 1.165) is 0 Å². The van der Waals surface area contributed by atoms with Crippen LogP contribution in [0.25, 0.3) is 0 Å². The summed E-state index contributed by atoms with van der Waals surface area (Å²) in [5.41, 5.74) is 0.511. The third-order valence-electron chi connectivity index (χ3n) is 1.58. The number of benzene rings is 1. The molecule has 0 aliphatic rings. The van der Waals surface area contributed by atoms with Crippen LogP contribution in [-0.2, 0) is 9.36 Å². The Kier molecular flexibility index (Phi) is 6.82. The maximum atomic E-state index is 10.8. The van der Waals surface area contributed by atoms with Gasteiger partial charge in [-0.25, -0.2) is 4.57 Å². The summed E-state index contributed by atoms with van der Waals surface area (Å²) in [5.74, 6) is -0.582. The summed E-state index contributed by atoms with van der Waals surface area (Å²) in [6.07, 6.45) is -1.20. The molecule has 0 spiro atoms. The Morgan fingerprint density at radius 2 is 1.59 bits per heavy atom. The van der Waals surface area contributed by atoms with Crippen molar-refractivity contribution in [2.45, 2.75) is 6.10 Å². The predicted octanol–water partition coefficient (Wildman–Crippen LogP) is -0.647. The van der Waals surface area contributed by atoms with E-state index in [4.69, 9.17) is 24.4 Å². The molecule has 7 nitrogen and oxygen atoms in total. The Bertz CT molecular complexity index is 377. The molecule has 0 bridgehead atoms. The quantitative estimate of drug-likeness (QED) is 0.458. The van der Waals surface area contributed by atoms with Crippen LogP contribution < -0.4 is 0 Å². The van der Waals surface area contributed by atoms with Crippen molar-refractivity contribution in [2.24, 2.45) is 0 Å². The van der Waals surface area contributed by atoms with Crippen LogP contribution in [0.2, 0.25) is 0 Å². The highest BCUT2D eigenvalue weighted by Gasteiger charge is 2.14. The van der Waals surface area contributed by atoms with Gasteiger partial charge in [0.1, 0.15) is 12.7 Å². The van der Waals surface area contributed by atoms with Crippen molar-refractivity contribution in [3.8, 4) is 0 Å². The summed E-state index contributed by atoms with van der Waals surface area (Å²) < 4.78 is 8.88. The molecule has 0 radical (unpaired) electrons. The zero-order valence-electron chi connectivity index (χ0n) is 8.67. The summed E-state index contributed by atoms with van der Waals surface area (Å²) in [4.78, 5) is 32.4. The van der Waals surface area contributed by atoms with E-state index in [1.54, 1.807) is 30.3 Å². The molecular weight excluding hydrogens is 251 g/mol. The average Bonchev–Trinajstić information content (AvgIpc) is 2.26. The normalized spacial score (nSPS) is 12.3. The molecule has 1 aromatic carbocycles. The van der Waals surface area contributed by atoms with Crippen LogP contribution >= 0.6 is 7.82 Å². The highest BCUT2D eigenvalue weighted by atomic mass is 31.2. The lowest BCUT2D eigenvalue weighted by Gasteiger charge is -2.06. The van der Waals surface area contributed by atoms with Crippen LogP contribution in [0.4, 0.5) is 0 Å². The van der Waals surface area contributed by atoms with Gasteiger partial charge in [-0.2, -0.15) is 0 Å². The summed E-state index contributed by atoms with van der Waals surface area (Å²) in [6, 6.07) is 8.52. The van der Waals surface area contributed by atoms with Gasteiger partial charge in [0.05, 0.1) is 0 Å². The molecule has 1 rings (SSSR count). The second kappa shape index (κ2) is 7.29. The molecule has 0 fully saturated rings. The summed E-state index contributed by atoms with van der Waals surface area (Å²) >= 11 is 0. The largest absolute Gasteiger partial charge is 0.466 e. The van der Waals surface area contributed by atoms with Crippen molar-refractivity contribution >= 4 is 13.6 Å². The zero-order valence-corrected chi connectivity index (χ0v) is 9.57. The van der Waals surface area contributed by atoms with Gasteiger partial charge in [-0.15, -0.1) is 0 Å². The first-order valence-corrected chi connectivity index (χ1v) is 5.97. The van der Waals surface area contributed by atoms with Crippen LogP contribution in [0, 0.1) is 0 Å². The number of carbonyl (C=O) groups excluding carboxylic acids is 1. The van der Waals surface area contributed by atoms with Crippen molar-refractivity contribution in [1.29, 1.82) is 0 Å². The lowest BCUT2D eigenvalue weighted by atomic mass is 10.1. The van der Waals surface area contributed by atoms with Crippen LogP contribution in [0.1, 0.15) is 11.7 Å². The molecule has 17 heavy (non-hydrogen) atoms. The molecule has 1 aromatic rings. The van der Waals surface area contributed by atoms with Gasteiger partial charge < -0.3 is 24.9 Å². The highest BCUT2D eigenvalue weighted by Crippen LogP contribution is 2.25. The molecule has 0 saturated carbocycles. The third kappa shape index (κ3) is 8.70. The van der Waals surface area contributed by atoms with E-state index in [2.05, 4.69) is 0 Å². The SMILES string of the molecule is O=C(CO)C(O)c1ccccc1.O=P(O)(O)O. The summed E-state index contributed by atoms with van der Waals surface area (Å²) in [7, 11) is -4.64. The molecule has 0 amide bonds. The molecule has 1 atom stereocenters. The van der Waals surface area contributed by atoms with E-state index in [-0.39, 0.29) is 0 Å². The minimum atomic E-state index is -4.64. The second-order valence-corrected chi connectivity index (χ2v) is 3.98. The molecule has 0 saturated heterocycles. The van der Waals surface area contributed by atoms with E-state index in [0.29, 0.717) is 5.56 Å². The summed E-state index contributed by atoms with van der Waals surface area (Å²) in [5, 5.41) is 17.7. The molecule has 0 aromatic heterocycles. The lowest BCUT2D eigenvalue weighted by molar-refractivity contribution is -0.130. The lowest BCUT2D eigenvalue weighted by Crippen LogP contribution is -2.15. The van der Waals surface area contributed by atoms with Crippen molar-refractivity contribution < 1.29 is 34.3 Å². The number of phosphoric acid groups is 1. The van der Waals surface area contributed by atoms with Crippen molar-refractivity contribution in [3.63, 3.8) is 0 Å². The van der Waals surface area contributed by atoms with E-state index < -0.39 is 26.3 Å². The molecule has 0 heterocycles. The zero-order chi connectivity index (χ0) is 13.5. The van der Waals surface area contributed by atoms with Gasteiger partial charge in [0, 0.05) is 0 Å². The first-order chi connectivity index (χ1) is 7.75. The Morgan fingerprint density at radius 1 is 1.18 bits per heavy atom. The first-order valence-electron chi connectivity index (χ1n) is 4.40. The minimum absolute atomic E-state index is 0.511. The second-order valence-electron chi connectivity index (χ2n) is 2.95. The monoisotopic (exact) mass is 264 g/mol. The van der Waals surface area contributed by atoms with Gasteiger partial charge in [0.2, 0.25) is 0 Å². The van der Waals surface area contributed by atoms with E-state index in [1.165, 1.54) is 0 Å². The van der Waals surface area contributed by atoms with E-state index in [1.807, 2.05) is 0 Å². The number of Topliss-reactive ketones (excluding diaryl/α,β-unsaturated/α-hetero) is 1. The number of ketones is 1. The fourth-order valence-corrected chi connectivity index (χ4v) is 0.908. The number of rotatable bonds is 3. The van der Waals surface area contributed by atoms with Gasteiger partial charge >= 0.3 is 7.82 Å². The fourth-order valence-electron chi connectivity index (χ4n) is 0.908. The third-order valence-corrected chi connectivity index (χ3v) is 1.58. The molecule has 0 aliphatic heterocycles. The number of hydrogen-bond acceptors (Lipinski definition) is 4. The van der Waals surface area contributed by atoms with Crippen molar-refractivity contribution in [1.82, 2.24) is 0 Å². The minimum Gasteiger partial charge on any atom is -0.388 e. The molecule has 8 heteroatoms. The number of hydrogen-bond donors (Lipinski definition) is 5. The van der Waals surface area contributed by atoms with Crippen LogP contribution in [-0.4, -0.2) is 37.3 Å². The van der Waals surface area contributed by atoms with Gasteiger partial charge in [0.15, 0.2) is 5.78 Å². The smallest absolute Gasteiger partial charge is 0.388 e. The van der Waals surface area contributed by atoms with Crippen LogP contribution in [0.3, 0.4) is 0 Å². The van der Waals surface area contributed by atoms with Crippen LogP contribution in [0.15, 0.2) is 30.3 Å². The molecule has 1 unspecified atom stereocenters. The molecule has 96 valence electrons. The number of aliphatic hydroxyl groups is 2. The first kappa shape index (κ1) is 15.9. The Balaban J connectivity index is 0.000000437. The van der Waals surface area contributed by atoms with Gasteiger partial charge in [0.25, 0.3) is 0 Å². The number of aliphatic hydroxyl groups excluding tert-OH is 2. The Hall–Kier alpha value is -1.08. The molecule has 0 aliphatic carbocycles. The van der Waals surface area contributed by atoms with Crippen LogP contribution in [0.5, 0.6) is 0 Å². The van der Waals surface area contributed by atoms with Gasteiger partial charge in [-0.3, -0.25) is 4.79 Å². The highest BCUT2D eigenvalue weighted by molar-refractivity contribution is 7.45. The van der Waals surface area contributed by atoms with E-state index in [9.17, 15) is 9.90 Å². The van der Waals surface area contributed by atoms with Gasteiger partial charge in [-0.05, 0) is 5.56 Å². The Morgan fingerprint density at radius 3 is 1.94 bits per heavy atom. The standard InChI is InChI=1S/C9H10O3.H3O4P/c10-6-8(11)9(12)7-4-2-1-3-5-7;1-5(2,3)4/h1-5,9-10,12H,6H2;(H3,1,2,3,4). The van der Waals surface area contributed by atoms with Crippen molar-refractivity contribution in [2.75, 3.05) is 6.61 Å². The maximum Gasteiger partial charge on any atom is 0.466 e. The molecular formula is C9H13O7P. The maximum absolute atomic E-state index is 10.8. The summed E-state index contributed by atoms with van der Waals surface area (Å²) in [6.45, 7) is -0.629. The fraction of sp³-hybridized carbons (Fsp3) is 0.222. The number of carbonyl (C=O) groups is 1. The van der Waals surface area contributed by atoms with Gasteiger partial charge in [-0.1, -0.05) is 30.3 Å². The average molecular weight is 264 g/mol. The Labute approximate surface area is 97.2 Å². The topological polar surface area (TPSA) is 135 Å². The van der Waals surface area contributed by atoms with E-state index >= 15 is 0 Å². The van der Waals surface area contributed by atoms with Crippen molar-refractivity contribution in [3.05, 3.63) is 35.9 Å². The predicted molar refractivity (Wildman–Crippen MR) is 57.8 cm³/mol. The molecule has 5 N–H and O–H groups in total.